The molecular weight excluding hydrogens is 222 g/mol. The Morgan fingerprint density at radius 1 is 1.47 bits per heavy atom. The van der Waals surface area contributed by atoms with Gasteiger partial charge in [0.2, 0.25) is 5.91 Å². The lowest BCUT2D eigenvalue weighted by Gasteiger charge is -2.23. The predicted octanol–water partition coefficient (Wildman–Crippen LogP) is 1.13. The second-order valence-corrected chi connectivity index (χ2v) is 4.60. The van der Waals surface area contributed by atoms with Crippen LogP contribution < -0.4 is 0 Å². The molecule has 1 aliphatic rings. The number of carbonyl (C=O) groups excluding carboxylic acids is 1. The third-order valence-corrected chi connectivity index (χ3v) is 3.58. The highest BCUT2D eigenvalue weighted by molar-refractivity contribution is 5.80. The molecule has 0 aromatic heterocycles. The van der Waals surface area contributed by atoms with Crippen LogP contribution in [-0.2, 0) is 14.3 Å². The lowest BCUT2D eigenvalue weighted by Crippen LogP contribution is -2.36. The first kappa shape index (κ1) is 14.0. The minimum atomic E-state index is -0.785. The Kier molecular flexibility index (Phi) is 4.93. The number of hydrogen-bond donors (Lipinski definition) is 1. The molecule has 1 amide bonds. The van der Waals surface area contributed by atoms with E-state index in [4.69, 9.17) is 4.74 Å². The standard InChI is InChI=1S/C12H21NO4/c1-3-12(11(15)16)6-7-13(9-12)10(14)5-4-8-17-2/h3-9H2,1-2H3,(H,15,16). The van der Waals surface area contributed by atoms with Crippen LogP contribution >= 0.6 is 0 Å². The van der Waals surface area contributed by atoms with Gasteiger partial charge < -0.3 is 14.7 Å². The molecule has 0 aliphatic carbocycles. The van der Waals surface area contributed by atoms with Gasteiger partial charge in [-0.2, -0.15) is 0 Å². The van der Waals surface area contributed by atoms with E-state index in [1.807, 2.05) is 6.92 Å². The van der Waals surface area contributed by atoms with Crippen molar-refractivity contribution in [2.75, 3.05) is 26.8 Å². The van der Waals surface area contributed by atoms with Gasteiger partial charge in [-0.05, 0) is 19.3 Å². The summed E-state index contributed by atoms with van der Waals surface area (Å²) in [5.41, 5.74) is -0.725. The monoisotopic (exact) mass is 243 g/mol. The van der Waals surface area contributed by atoms with Crippen LogP contribution in [0.1, 0.15) is 32.6 Å². The third-order valence-electron chi connectivity index (χ3n) is 3.58. The van der Waals surface area contributed by atoms with Gasteiger partial charge in [0, 0.05) is 33.2 Å². The highest BCUT2D eigenvalue weighted by Gasteiger charge is 2.44. The van der Waals surface area contributed by atoms with Gasteiger partial charge in [0.05, 0.1) is 5.41 Å². The average Bonchev–Trinajstić information content (AvgIpc) is 2.75. The number of likely N-dealkylation sites (tertiary alicyclic amines) is 1. The van der Waals surface area contributed by atoms with Gasteiger partial charge in [-0.3, -0.25) is 9.59 Å². The lowest BCUT2D eigenvalue weighted by atomic mass is 9.84. The Morgan fingerprint density at radius 3 is 2.65 bits per heavy atom. The molecule has 98 valence electrons. The van der Waals surface area contributed by atoms with Gasteiger partial charge in [0.1, 0.15) is 0 Å². The van der Waals surface area contributed by atoms with Gasteiger partial charge >= 0.3 is 5.97 Å². The molecule has 1 N–H and O–H groups in total. The first-order chi connectivity index (χ1) is 8.05. The molecule has 0 saturated carbocycles. The fraction of sp³-hybridized carbons (Fsp3) is 0.833. The SMILES string of the molecule is CCC1(C(=O)O)CCN(C(=O)CCCOC)C1. The maximum absolute atomic E-state index is 11.8. The van der Waals surface area contributed by atoms with Crippen LogP contribution in [-0.4, -0.2) is 48.7 Å². The maximum atomic E-state index is 11.8. The summed E-state index contributed by atoms with van der Waals surface area (Å²) < 4.78 is 4.89. The van der Waals surface area contributed by atoms with Crippen molar-refractivity contribution in [1.29, 1.82) is 0 Å². The average molecular weight is 243 g/mol. The number of ether oxygens (including phenoxy) is 1. The van der Waals surface area contributed by atoms with Crippen molar-refractivity contribution in [3.63, 3.8) is 0 Å². The predicted molar refractivity (Wildman–Crippen MR) is 62.7 cm³/mol. The van der Waals surface area contributed by atoms with Crippen molar-refractivity contribution >= 4 is 11.9 Å². The van der Waals surface area contributed by atoms with Crippen LogP contribution in [0.3, 0.4) is 0 Å². The highest BCUT2D eigenvalue weighted by atomic mass is 16.5. The first-order valence-corrected chi connectivity index (χ1v) is 6.06. The fourth-order valence-electron chi connectivity index (χ4n) is 2.23. The molecular formula is C12H21NO4. The molecule has 0 radical (unpaired) electrons. The van der Waals surface area contributed by atoms with Crippen molar-refractivity contribution in [2.24, 2.45) is 5.41 Å². The molecule has 1 unspecified atom stereocenters. The molecule has 17 heavy (non-hydrogen) atoms. The smallest absolute Gasteiger partial charge is 0.311 e. The molecule has 1 heterocycles. The number of carboxylic acid groups (broad SMARTS) is 1. The number of carbonyl (C=O) groups is 2. The maximum Gasteiger partial charge on any atom is 0.311 e. The molecule has 5 nitrogen and oxygen atoms in total. The van der Waals surface area contributed by atoms with Crippen LogP contribution in [0.25, 0.3) is 0 Å². The van der Waals surface area contributed by atoms with Gasteiger partial charge in [-0.1, -0.05) is 6.92 Å². The van der Waals surface area contributed by atoms with E-state index in [-0.39, 0.29) is 5.91 Å². The van der Waals surface area contributed by atoms with Crippen LogP contribution in [0.15, 0.2) is 0 Å². The molecule has 0 bridgehead atoms. The second kappa shape index (κ2) is 6.00. The van der Waals surface area contributed by atoms with E-state index in [1.165, 1.54) is 0 Å². The van der Waals surface area contributed by atoms with E-state index < -0.39 is 11.4 Å². The Bertz CT molecular complexity index is 292. The summed E-state index contributed by atoms with van der Waals surface area (Å²) in [5, 5.41) is 9.22. The van der Waals surface area contributed by atoms with Crippen molar-refractivity contribution in [1.82, 2.24) is 4.90 Å². The Hall–Kier alpha value is -1.10. The molecule has 1 fully saturated rings. The molecule has 5 heteroatoms. The Morgan fingerprint density at radius 2 is 2.18 bits per heavy atom. The molecule has 1 saturated heterocycles. The van der Waals surface area contributed by atoms with Gasteiger partial charge in [0.15, 0.2) is 0 Å². The van der Waals surface area contributed by atoms with Crippen molar-refractivity contribution in [3.05, 3.63) is 0 Å². The number of nitrogens with zero attached hydrogens (tertiary/aromatic N) is 1. The summed E-state index contributed by atoms with van der Waals surface area (Å²) in [7, 11) is 1.60. The topological polar surface area (TPSA) is 66.8 Å². The normalized spacial score (nSPS) is 24.0. The van der Waals surface area contributed by atoms with Crippen LogP contribution in [0.2, 0.25) is 0 Å². The number of hydrogen-bond acceptors (Lipinski definition) is 3. The van der Waals surface area contributed by atoms with E-state index in [1.54, 1.807) is 12.0 Å². The molecule has 0 aromatic carbocycles. The van der Waals surface area contributed by atoms with Crippen LogP contribution in [0, 0.1) is 5.41 Å². The molecule has 1 rings (SSSR count). The Labute approximate surface area is 102 Å². The summed E-state index contributed by atoms with van der Waals surface area (Å²) in [6.07, 6.45) is 2.27. The van der Waals surface area contributed by atoms with Gasteiger partial charge in [-0.25, -0.2) is 0 Å². The number of carboxylic acids is 1. The zero-order valence-corrected chi connectivity index (χ0v) is 10.6. The summed E-state index contributed by atoms with van der Waals surface area (Å²) >= 11 is 0. The van der Waals surface area contributed by atoms with Crippen molar-refractivity contribution < 1.29 is 19.4 Å². The second-order valence-electron chi connectivity index (χ2n) is 4.60. The largest absolute Gasteiger partial charge is 0.481 e. The number of amides is 1. The zero-order valence-electron chi connectivity index (χ0n) is 10.6. The number of methoxy groups -OCH3 is 1. The van der Waals surface area contributed by atoms with Crippen LogP contribution in [0.4, 0.5) is 0 Å². The molecule has 0 spiro atoms. The minimum Gasteiger partial charge on any atom is -0.481 e. The third kappa shape index (κ3) is 3.19. The highest BCUT2D eigenvalue weighted by Crippen LogP contribution is 2.34. The quantitative estimate of drug-likeness (QED) is 0.710. The number of rotatable bonds is 6. The number of aliphatic carboxylic acids is 1. The van der Waals surface area contributed by atoms with E-state index in [9.17, 15) is 14.7 Å². The minimum absolute atomic E-state index is 0.0404. The first-order valence-electron chi connectivity index (χ1n) is 6.06. The van der Waals surface area contributed by atoms with E-state index >= 15 is 0 Å². The van der Waals surface area contributed by atoms with Gasteiger partial charge in [-0.15, -0.1) is 0 Å². The summed E-state index contributed by atoms with van der Waals surface area (Å²) in [4.78, 5) is 24.7. The van der Waals surface area contributed by atoms with Crippen LogP contribution in [0.5, 0.6) is 0 Å². The van der Waals surface area contributed by atoms with Crippen molar-refractivity contribution in [2.45, 2.75) is 32.6 Å². The fourth-order valence-corrected chi connectivity index (χ4v) is 2.23. The lowest BCUT2D eigenvalue weighted by molar-refractivity contribution is -0.148. The van der Waals surface area contributed by atoms with E-state index in [0.29, 0.717) is 45.4 Å². The molecule has 0 aromatic rings. The summed E-state index contributed by atoms with van der Waals surface area (Å²) in [6.45, 7) is 3.35. The van der Waals surface area contributed by atoms with E-state index in [0.717, 1.165) is 0 Å². The Balaban J connectivity index is 2.49. The molecule has 1 aliphatic heterocycles. The van der Waals surface area contributed by atoms with E-state index in [2.05, 4.69) is 0 Å². The van der Waals surface area contributed by atoms with Crippen molar-refractivity contribution in [3.8, 4) is 0 Å². The zero-order chi connectivity index (χ0) is 12.9. The van der Waals surface area contributed by atoms with Gasteiger partial charge in [0.25, 0.3) is 0 Å². The summed E-state index contributed by atoms with van der Waals surface area (Å²) in [6, 6.07) is 0. The molecule has 1 atom stereocenters. The summed E-state index contributed by atoms with van der Waals surface area (Å²) in [5.74, 6) is -0.745.